The molecule has 0 aliphatic heterocycles. The van der Waals surface area contributed by atoms with Crippen molar-refractivity contribution in [2.24, 2.45) is 0 Å². The average molecular weight is 286 g/mol. The smallest absolute Gasteiger partial charge is 0.335 e. The molecule has 21 heavy (non-hydrogen) atoms. The van der Waals surface area contributed by atoms with Crippen LogP contribution in [0.2, 0.25) is 0 Å². The first-order valence-electron chi connectivity index (χ1n) is 7.32. The minimum atomic E-state index is -0.961. The summed E-state index contributed by atoms with van der Waals surface area (Å²) < 4.78 is 5.87. The first-order chi connectivity index (χ1) is 10.1. The van der Waals surface area contributed by atoms with Crippen molar-refractivity contribution >= 4 is 5.97 Å². The molecule has 1 saturated carbocycles. The van der Waals surface area contributed by atoms with E-state index >= 15 is 0 Å². The van der Waals surface area contributed by atoms with Gasteiger partial charge in [0.25, 0.3) is 0 Å². The summed E-state index contributed by atoms with van der Waals surface area (Å²) in [6, 6.07) is 6.59. The van der Waals surface area contributed by atoms with Gasteiger partial charge in [-0.05, 0) is 37.5 Å². The minimum Gasteiger partial charge on any atom is -0.478 e. The summed E-state index contributed by atoms with van der Waals surface area (Å²) in [6.45, 7) is 2.15. The summed E-state index contributed by atoms with van der Waals surface area (Å²) in [5.41, 5.74) is 0.881. The summed E-state index contributed by atoms with van der Waals surface area (Å²) in [5, 5.41) is 17.4. The molecular weight excluding hydrogens is 268 g/mol. The van der Waals surface area contributed by atoms with E-state index in [0.717, 1.165) is 19.3 Å². The Morgan fingerprint density at radius 2 is 2.10 bits per heavy atom. The molecule has 0 unspecified atom stereocenters. The van der Waals surface area contributed by atoms with E-state index in [0.29, 0.717) is 17.3 Å². The molecule has 1 aliphatic rings. The van der Waals surface area contributed by atoms with Crippen molar-refractivity contribution in [2.45, 2.75) is 44.4 Å². The zero-order chi connectivity index (χ0) is 14.9. The summed E-state index contributed by atoms with van der Waals surface area (Å²) >= 11 is 0. The van der Waals surface area contributed by atoms with Crippen LogP contribution in [0.5, 0.6) is 0 Å². The number of benzene rings is 1. The van der Waals surface area contributed by atoms with Gasteiger partial charge in [-0.3, -0.25) is 0 Å². The molecule has 0 saturated heterocycles. The third kappa shape index (κ3) is 2.44. The van der Waals surface area contributed by atoms with E-state index in [1.165, 1.54) is 12.8 Å². The topological polar surface area (TPSA) is 76.2 Å². The second-order valence-electron chi connectivity index (χ2n) is 5.64. The number of carboxylic acid groups (broad SMARTS) is 1. The number of rotatable bonds is 4. The number of nitrogens with zero attached hydrogens (tertiary/aromatic N) is 2. The Balaban J connectivity index is 1.95. The third-order valence-corrected chi connectivity index (χ3v) is 4.47. The van der Waals surface area contributed by atoms with Gasteiger partial charge in [0, 0.05) is 11.0 Å². The normalized spacial score (nSPS) is 17.0. The van der Waals surface area contributed by atoms with Crippen LogP contribution in [0.4, 0.5) is 0 Å². The summed E-state index contributed by atoms with van der Waals surface area (Å²) in [7, 11) is 0. The molecule has 0 atom stereocenters. The maximum Gasteiger partial charge on any atom is 0.335 e. The zero-order valence-corrected chi connectivity index (χ0v) is 12.0. The summed E-state index contributed by atoms with van der Waals surface area (Å²) in [4.78, 5) is 11.0. The molecule has 1 fully saturated rings. The van der Waals surface area contributed by atoms with Crippen molar-refractivity contribution in [1.82, 2.24) is 10.2 Å². The average Bonchev–Trinajstić information content (AvgIpc) is 3.17. The molecule has 1 N–H and O–H groups in total. The lowest BCUT2D eigenvalue weighted by Gasteiger charge is -2.22. The van der Waals surface area contributed by atoms with Gasteiger partial charge in [-0.25, -0.2) is 4.79 Å². The van der Waals surface area contributed by atoms with E-state index in [1.54, 1.807) is 24.3 Å². The lowest BCUT2D eigenvalue weighted by atomic mass is 9.83. The maximum absolute atomic E-state index is 11.0. The van der Waals surface area contributed by atoms with Crippen LogP contribution in [-0.2, 0) is 5.41 Å². The quantitative estimate of drug-likeness (QED) is 0.928. The van der Waals surface area contributed by atoms with Crippen molar-refractivity contribution in [2.75, 3.05) is 0 Å². The predicted octanol–water partition coefficient (Wildman–Crippen LogP) is 3.66. The molecule has 1 aromatic carbocycles. The van der Waals surface area contributed by atoms with Crippen LogP contribution in [0.1, 0.15) is 55.3 Å². The Labute approximate surface area is 123 Å². The molecule has 0 bridgehead atoms. The van der Waals surface area contributed by atoms with Crippen molar-refractivity contribution in [3.05, 3.63) is 35.7 Å². The Kier molecular flexibility index (Phi) is 3.49. The third-order valence-electron chi connectivity index (χ3n) is 4.47. The van der Waals surface area contributed by atoms with Crippen LogP contribution in [0.25, 0.3) is 11.5 Å². The fraction of sp³-hybridized carbons (Fsp3) is 0.438. The molecule has 3 rings (SSSR count). The van der Waals surface area contributed by atoms with Gasteiger partial charge in [-0.15, -0.1) is 10.2 Å². The monoisotopic (exact) mass is 286 g/mol. The highest BCUT2D eigenvalue weighted by Gasteiger charge is 2.38. The molecule has 0 radical (unpaired) electrons. The van der Waals surface area contributed by atoms with Crippen LogP contribution in [0, 0.1) is 0 Å². The van der Waals surface area contributed by atoms with Crippen molar-refractivity contribution in [1.29, 1.82) is 0 Å². The molecule has 2 aromatic rings. The predicted molar refractivity (Wildman–Crippen MR) is 77.1 cm³/mol. The molecule has 1 aliphatic carbocycles. The molecule has 1 aromatic heterocycles. The number of aromatic nitrogens is 2. The number of carboxylic acids is 1. The summed E-state index contributed by atoms with van der Waals surface area (Å²) in [6.07, 6.45) is 5.55. The van der Waals surface area contributed by atoms with Gasteiger partial charge < -0.3 is 9.52 Å². The SMILES string of the molecule is CCC1(c2nnc(-c3cccc(C(=O)O)c3)o2)CCCC1. The Morgan fingerprint density at radius 3 is 2.76 bits per heavy atom. The van der Waals surface area contributed by atoms with Gasteiger partial charge in [0.05, 0.1) is 5.56 Å². The highest BCUT2D eigenvalue weighted by Crippen LogP contribution is 2.43. The Morgan fingerprint density at radius 1 is 1.33 bits per heavy atom. The largest absolute Gasteiger partial charge is 0.478 e. The molecule has 0 spiro atoms. The number of aromatic carboxylic acids is 1. The van der Waals surface area contributed by atoms with Gasteiger partial charge in [-0.2, -0.15) is 0 Å². The molecule has 5 nitrogen and oxygen atoms in total. The standard InChI is InChI=1S/C16H18N2O3/c1-2-16(8-3-4-9-16)15-18-17-13(21-15)11-6-5-7-12(10-11)14(19)20/h5-7,10H,2-4,8-9H2,1H3,(H,19,20). The summed E-state index contributed by atoms with van der Waals surface area (Å²) in [5.74, 6) is 0.128. The highest BCUT2D eigenvalue weighted by molar-refractivity contribution is 5.88. The lowest BCUT2D eigenvalue weighted by molar-refractivity contribution is 0.0697. The highest BCUT2D eigenvalue weighted by atomic mass is 16.4. The minimum absolute atomic E-state index is 0.00958. The van der Waals surface area contributed by atoms with Crippen molar-refractivity contribution < 1.29 is 14.3 Å². The fourth-order valence-corrected chi connectivity index (χ4v) is 3.11. The van der Waals surface area contributed by atoms with Crippen molar-refractivity contribution in [3.63, 3.8) is 0 Å². The molecule has 5 heteroatoms. The second kappa shape index (κ2) is 5.31. The number of carbonyl (C=O) groups is 1. The zero-order valence-electron chi connectivity index (χ0n) is 12.0. The Hall–Kier alpha value is -2.17. The van der Waals surface area contributed by atoms with Gasteiger partial charge in [0.2, 0.25) is 11.8 Å². The fourth-order valence-electron chi connectivity index (χ4n) is 3.11. The second-order valence-corrected chi connectivity index (χ2v) is 5.64. The van der Waals surface area contributed by atoms with Crippen molar-refractivity contribution in [3.8, 4) is 11.5 Å². The first kappa shape index (κ1) is 13.8. The maximum atomic E-state index is 11.0. The van der Waals surface area contributed by atoms with E-state index in [2.05, 4.69) is 17.1 Å². The number of hydrogen-bond acceptors (Lipinski definition) is 4. The molecular formula is C16H18N2O3. The van der Waals surface area contributed by atoms with Gasteiger partial charge in [0.1, 0.15) is 0 Å². The molecule has 0 amide bonds. The van der Waals surface area contributed by atoms with Crippen LogP contribution in [0.15, 0.2) is 28.7 Å². The van der Waals surface area contributed by atoms with E-state index in [-0.39, 0.29) is 11.0 Å². The lowest BCUT2D eigenvalue weighted by Crippen LogP contribution is -2.21. The first-order valence-corrected chi connectivity index (χ1v) is 7.32. The van der Waals surface area contributed by atoms with Crippen LogP contribution < -0.4 is 0 Å². The van der Waals surface area contributed by atoms with E-state index in [1.807, 2.05) is 0 Å². The van der Waals surface area contributed by atoms with Crippen LogP contribution in [0.3, 0.4) is 0 Å². The van der Waals surface area contributed by atoms with Gasteiger partial charge in [-0.1, -0.05) is 25.8 Å². The number of hydrogen-bond donors (Lipinski definition) is 1. The molecule has 110 valence electrons. The van der Waals surface area contributed by atoms with E-state index in [9.17, 15) is 4.79 Å². The van der Waals surface area contributed by atoms with E-state index < -0.39 is 5.97 Å². The van der Waals surface area contributed by atoms with Crippen LogP contribution in [-0.4, -0.2) is 21.3 Å². The van der Waals surface area contributed by atoms with Gasteiger partial charge >= 0.3 is 5.97 Å². The van der Waals surface area contributed by atoms with E-state index in [4.69, 9.17) is 9.52 Å². The van der Waals surface area contributed by atoms with Gasteiger partial charge in [0.15, 0.2) is 0 Å². The van der Waals surface area contributed by atoms with Crippen LogP contribution >= 0.6 is 0 Å². The Bertz CT molecular complexity index is 657. The molecule has 1 heterocycles.